The number of carbonyl (C=O) groups excluding carboxylic acids is 1. The Morgan fingerprint density at radius 1 is 1.31 bits per heavy atom. The molecule has 0 bridgehead atoms. The molecule has 1 aromatic rings. The predicted molar refractivity (Wildman–Crippen MR) is 53.8 cm³/mol. The number of carbonyl (C=O) groups is 1. The highest BCUT2D eigenvalue weighted by atomic mass is 127. The topological polar surface area (TPSA) is 63.2 Å². The Hall–Kier alpha value is -0.630. The van der Waals surface area contributed by atoms with Gasteiger partial charge in [0.1, 0.15) is 4.90 Å². The summed E-state index contributed by atoms with van der Waals surface area (Å²) >= 11 is 1.89. The van der Waals surface area contributed by atoms with E-state index in [2.05, 4.69) is 0 Å². The highest BCUT2D eigenvalue weighted by Crippen LogP contribution is 2.26. The molecule has 1 aliphatic rings. The van der Waals surface area contributed by atoms with E-state index in [1.165, 1.54) is 6.07 Å². The first-order chi connectivity index (χ1) is 6.02. The molecule has 6 heteroatoms. The van der Waals surface area contributed by atoms with Crippen LogP contribution in [-0.2, 0) is 10.0 Å². The molecular weight excluding hydrogens is 305 g/mol. The normalized spacial score (nSPS) is 18.1. The zero-order chi connectivity index (χ0) is 9.64. The van der Waals surface area contributed by atoms with Crippen molar-refractivity contribution >= 4 is 38.5 Å². The molecule has 13 heavy (non-hydrogen) atoms. The minimum Gasteiger partial charge on any atom is -0.268 e. The standard InChI is InChI=1S/C7H4INO3S/c8-5-3-1-2-4-6(5)13(11,12)9-7(4)10/h1-3H,(H,9,10). The molecule has 0 spiro atoms. The van der Waals surface area contributed by atoms with Crippen molar-refractivity contribution in [3.63, 3.8) is 0 Å². The van der Waals surface area contributed by atoms with E-state index >= 15 is 0 Å². The van der Waals surface area contributed by atoms with Crippen LogP contribution in [0.5, 0.6) is 0 Å². The van der Waals surface area contributed by atoms with Crippen LogP contribution < -0.4 is 4.72 Å². The summed E-state index contributed by atoms with van der Waals surface area (Å²) in [6, 6.07) is 4.80. The monoisotopic (exact) mass is 309 g/mol. The van der Waals surface area contributed by atoms with Gasteiger partial charge >= 0.3 is 0 Å². The van der Waals surface area contributed by atoms with Crippen molar-refractivity contribution in [3.8, 4) is 0 Å². The largest absolute Gasteiger partial charge is 0.268 e. The predicted octanol–water partition coefficient (Wildman–Crippen LogP) is 0.723. The van der Waals surface area contributed by atoms with E-state index in [0.29, 0.717) is 3.57 Å². The summed E-state index contributed by atoms with van der Waals surface area (Å²) in [4.78, 5) is 11.2. The number of halogens is 1. The molecule has 68 valence electrons. The Labute approximate surface area is 88.5 Å². The average molecular weight is 309 g/mol. The van der Waals surface area contributed by atoms with E-state index in [1.807, 2.05) is 27.3 Å². The molecule has 0 saturated heterocycles. The van der Waals surface area contributed by atoms with Crippen LogP contribution in [0.1, 0.15) is 10.4 Å². The highest BCUT2D eigenvalue weighted by molar-refractivity contribution is 14.1. The summed E-state index contributed by atoms with van der Waals surface area (Å²) in [6.45, 7) is 0. The molecule has 0 aliphatic carbocycles. The number of fused-ring (bicyclic) bond motifs is 1. The van der Waals surface area contributed by atoms with Crippen LogP contribution in [0.3, 0.4) is 0 Å². The molecule has 0 atom stereocenters. The summed E-state index contributed by atoms with van der Waals surface area (Å²) in [5, 5.41) is 0. The molecule has 0 saturated carbocycles. The van der Waals surface area contributed by atoms with Crippen LogP contribution in [0.2, 0.25) is 0 Å². The van der Waals surface area contributed by atoms with Crippen molar-refractivity contribution < 1.29 is 13.2 Å². The van der Waals surface area contributed by atoms with Crippen LogP contribution in [0.25, 0.3) is 0 Å². The van der Waals surface area contributed by atoms with Gasteiger partial charge in [-0.15, -0.1) is 0 Å². The van der Waals surface area contributed by atoms with Gasteiger partial charge in [-0.1, -0.05) is 6.07 Å². The van der Waals surface area contributed by atoms with Gasteiger partial charge < -0.3 is 0 Å². The summed E-state index contributed by atoms with van der Waals surface area (Å²) in [7, 11) is -3.59. The van der Waals surface area contributed by atoms with E-state index < -0.39 is 15.9 Å². The third kappa shape index (κ3) is 1.24. The van der Waals surface area contributed by atoms with Gasteiger partial charge in [0, 0.05) is 3.57 Å². The Morgan fingerprint density at radius 3 is 2.62 bits per heavy atom. The Balaban J connectivity index is 2.89. The minimum atomic E-state index is -3.59. The van der Waals surface area contributed by atoms with Crippen LogP contribution in [0.4, 0.5) is 0 Å². The number of rotatable bonds is 0. The third-order valence-electron chi connectivity index (χ3n) is 1.71. The second kappa shape index (κ2) is 2.68. The first kappa shape index (κ1) is 8.95. The summed E-state index contributed by atoms with van der Waals surface area (Å²) in [5.41, 5.74) is 0.229. The molecule has 4 nitrogen and oxygen atoms in total. The lowest BCUT2D eigenvalue weighted by molar-refractivity contribution is 0.0985. The van der Waals surface area contributed by atoms with Gasteiger partial charge in [-0.2, -0.15) is 0 Å². The fraction of sp³-hybridized carbons (Fsp3) is 0. The first-order valence-corrected chi connectivity index (χ1v) is 5.94. The van der Waals surface area contributed by atoms with E-state index in [0.717, 1.165) is 0 Å². The van der Waals surface area contributed by atoms with Crippen molar-refractivity contribution in [1.29, 1.82) is 0 Å². The molecule has 1 N–H and O–H groups in total. The van der Waals surface area contributed by atoms with E-state index in [-0.39, 0.29) is 10.5 Å². The SMILES string of the molecule is O=C1NS(=O)(=O)c2c(I)cccc21. The van der Waals surface area contributed by atoms with Gasteiger partial charge in [-0.25, -0.2) is 13.1 Å². The Kier molecular flexibility index (Phi) is 1.84. The quantitative estimate of drug-likeness (QED) is 0.719. The fourth-order valence-electron chi connectivity index (χ4n) is 1.19. The van der Waals surface area contributed by atoms with Gasteiger partial charge in [0.05, 0.1) is 5.56 Å². The number of benzene rings is 1. The lowest BCUT2D eigenvalue weighted by Gasteiger charge is -1.96. The van der Waals surface area contributed by atoms with Gasteiger partial charge in [0.25, 0.3) is 15.9 Å². The maximum absolute atomic E-state index is 11.3. The van der Waals surface area contributed by atoms with Crippen LogP contribution >= 0.6 is 22.6 Å². The molecule has 0 aromatic heterocycles. The Bertz CT molecular complexity index is 494. The minimum absolute atomic E-state index is 0.0978. The molecule has 0 unspecified atom stereocenters. The molecule has 1 aromatic carbocycles. The lowest BCUT2D eigenvalue weighted by atomic mass is 10.2. The van der Waals surface area contributed by atoms with Crippen molar-refractivity contribution in [2.45, 2.75) is 4.90 Å². The smallest absolute Gasteiger partial charge is 0.266 e. The van der Waals surface area contributed by atoms with Gasteiger partial charge in [-0.3, -0.25) is 4.79 Å². The fourth-order valence-corrected chi connectivity index (χ4v) is 3.79. The molecular formula is C7H4INO3S. The second-order valence-corrected chi connectivity index (χ2v) is 5.33. The van der Waals surface area contributed by atoms with Crippen molar-refractivity contribution in [2.75, 3.05) is 0 Å². The molecule has 0 fully saturated rings. The summed E-state index contributed by atoms with van der Waals surface area (Å²) < 4.78 is 25.2. The Morgan fingerprint density at radius 2 is 2.00 bits per heavy atom. The molecule has 0 radical (unpaired) electrons. The highest BCUT2D eigenvalue weighted by Gasteiger charge is 2.33. The molecule has 2 rings (SSSR count). The zero-order valence-electron chi connectivity index (χ0n) is 6.24. The molecule has 1 heterocycles. The maximum Gasteiger partial charge on any atom is 0.266 e. The number of nitrogens with one attached hydrogen (secondary N) is 1. The van der Waals surface area contributed by atoms with Gasteiger partial charge in [0.2, 0.25) is 0 Å². The zero-order valence-corrected chi connectivity index (χ0v) is 9.22. The molecule has 1 amide bonds. The first-order valence-electron chi connectivity index (χ1n) is 3.38. The lowest BCUT2D eigenvalue weighted by Crippen LogP contribution is -2.20. The number of hydrogen-bond donors (Lipinski definition) is 1. The summed E-state index contributed by atoms with van der Waals surface area (Å²) in [5.74, 6) is -0.548. The van der Waals surface area contributed by atoms with Crippen LogP contribution in [-0.4, -0.2) is 14.3 Å². The third-order valence-corrected chi connectivity index (χ3v) is 4.40. The number of sulfonamides is 1. The van der Waals surface area contributed by atoms with Crippen molar-refractivity contribution in [3.05, 3.63) is 27.3 Å². The van der Waals surface area contributed by atoms with Gasteiger partial charge in [0.15, 0.2) is 0 Å². The van der Waals surface area contributed by atoms with Crippen molar-refractivity contribution in [1.82, 2.24) is 4.72 Å². The van der Waals surface area contributed by atoms with Crippen LogP contribution in [0.15, 0.2) is 23.1 Å². The average Bonchev–Trinajstić information content (AvgIpc) is 2.24. The summed E-state index contributed by atoms with van der Waals surface area (Å²) in [6.07, 6.45) is 0. The molecule has 1 aliphatic heterocycles. The second-order valence-electron chi connectivity index (χ2n) is 2.55. The van der Waals surface area contributed by atoms with Gasteiger partial charge in [-0.05, 0) is 34.7 Å². The number of hydrogen-bond acceptors (Lipinski definition) is 3. The number of amides is 1. The van der Waals surface area contributed by atoms with E-state index in [4.69, 9.17) is 0 Å². The van der Waals surface area contributed by atoms with Crippen molar-refractivity contribution in [2.24, 2.45) is 0 Å². The van der Waals surface area contributed by atoms with E-state index in [9.17, 15) is 13.2 Å². The van der Waals surface area contributed by atoms with E-state index in [1.54, 1.807) is 12.1 Å². The maximum atomic E-state index is 11.3. The van der Waals surface area contributed by atoms with Crippen LogP contribution in [0, 0.1) is 3.57 Å².